The third kappa shape index (κ3) is 4.53. The fourth-order valence-corrected chi connectivity index (χ4v) is 3.23. The highest BCUT2D eigenvalue weighted by atomic mass is 16.6. The van der Waals surface area contributed by atoms with Crippen LogP contribution in [0, 0.1) is 13.8 Å². The summed E-state index contributed by atoms with van der Waals surface area (Å²) < 4.78 is 12.7. The predicted octanol–water partition coefficient (Wildman–Crippen LogP) is 3.96. The van der Waals surface area contributed by atoms with Crippen LogP contribution in [0.25, 0.3) is 22.3 Å². The maximum Gasteiger partial charge on any atom is 0.325 e. The van der Waals surface area contributed by atoms with Crippen molar-refractivity contribution in [3.63, 3.8) is 0 Å². The van der Waals surface area contributed by atoms with E-state index in [0.717, 1.165) is 17.1 Å². The monoisotopic (exact) mass is 412 g/mol. The third-order valence-electron chi connectivity index (χ3n) is 4.43. The Balaban J connectivity index is 2.01. The van der Waals surface area contributed by atoms with Crippen molar-refractivity contribution < 1.29 is 18.7 Å². The fourth-order valence-electron chi connectivity index (χ4n) is 3.23. The standard InChI is InChI=1S/C22H28N4O4/c1-12(2)26-20-17(10-24-26)16(21(28)23-11-19(27)30-22(5,6)7)9-18(25-20)15-8-13(3)29-14(15)4/h8-10,12H,11H2,1-7H3,(H,23,28). The van der Waals surface area contributed by atoms with E-state index >= 15 is 0 Å². The molecule has 0 aromatic carbocycles. The van der Waals surface area contributed by atoms with Crippen molar-refractivity contribution in [1.29, 1.82) is 0 Å². The number of hydrogen-bond acceptors (Lipinski definition) is 6. The Hall–Kier alpha value is -3.16. The second-order valence-electron chi connectivity index (χ2n) is 8.57. The summed E-state index contributed by atoms with van der Waals surface area (Å²) in [6.45, 7) is 12.8. The summed E-state index contributed by atoms with van der Waals surface area (Å²) in [5.74, 6) is 0.587. The number of carbonyl (C=O) groups excluding carboxylic acids is 2. The maximum atomic E-state index is 13.0. The first-order valence-corrected chi connectivity index (χ1v) is 9.92. The zero-order chi connectivity index (χ0) is 22.2. The number of carbonyl (C=O) groups is 2. The summed E-state index contributed by atoms with van der Waals surface area (Å²) in [5.41, 5.74) is 1.80. The highest BCUT2D eigenvalue weighted by molar-refractivity contribution is 6.07. The Kier molecular flexibility index (Phi) is 5.70. The molecule has 0 aliphatic carbocycles. The van der Waals surface area contributed by atoms with Gasteiger partial charge < -0.3 is 14.5 Å². The van der Waals surface area contributed by atoms with E-state index in [4.69, 9.17) is 14.1 Å². The van der Waals surface area contributed by atoms with Gasteiger partial charge in [0.05, 0.1) is 22.8 Å². The summed E-state index contributed by atoms with van der Waals surface area (Å²) in [4.78, 5) is 29.7. The lowest BCUT2D eigenvalue weighted by atomic mass is 10.1. The van der Waals surface area contributed by atoms with Gasteiger partial charge in [-0.3, -0.25) is 9.59 Å². The molecule has 0 aliphatic rings. The number of nitrogens with one attached hydrogen (secondary N) is 1. The Labute approximate surface area is 175 Å². The number of nitrogens with zero attached hydrogens (tertiary/aromatic N) is 3. The first-order valence-electron chi connectivity index (χ1n) is 9.92. The molecule has 0 saturated heterocycles. The first kappa shape index (κ1) is 21.5. The van der Waals surface area contributed by atoms with Crippen LogP contribution in [0.1, 0.15) is 62.5 Å². The number of pyridine rings is 1. The maximum absolute atomic E-state index is 13.0. The van der Waals surface area contributed by atoms with Crippen LogP contribution in [0.5, 0.6) is 0 Å². The van der Waals surface area contributed by atoms with Gasteiger partial charge in [-0.15, -0.1) is 0 Å². The molecule has 3 rings (SSSR count). The van der Waals surface area contributed by atoms with Gasteiger partial charge in [-0.2, -0.15) is 5.10 Å². The molecule has 8 nitrogen and oxygen atoms in total. The summed E-state index contributed by atoms with van der Waals surface area (Å²) in [5, 5.41) is 7.67. The lowest BCUT2D eigenvalue weighted by Crippen LogP contribution is -2.34. The van der Waals surface area contributed by atoms with Crippen molar-refractivity contribution in [2.75, 3.05) is 6.54 Å². The van der Waals surface area contributed by atoms with Gasteiger partial charge in [-0.1, -0.05) is 0 Å². The second-order valence-corrected chi connectivity index (χ2v) is 8.57. The Morgan fingerprint density at radius 1 is 1.23 bits per heavy atom. The quantitative estimate of drug-likeness (QED) is 0.637. The molecule has 3 heterocycles. The van der Waals surface area contributed by atoms with Crippen molar-refractivity contribution in [1.82, 2.24) is 20.1 Å². The molecule has 3 aromatic rings. The summed E-state index contributed by atoms with van der Waals surface area (Å²) in [6.07, 6.45) is 1.63. The van der Waals surface area contributed by atoms with E-state index in [0.29, 0.717) is 22.3 Å². The molecule has 160 valence electrons. The van der Waals surface area contributed by atoms with E-state index in [-0.39, 0.29) is 12.6 Å². The minimum absolute atomic E-state index is 0.0649. The molecule has 3 aromatic heterocycles. The van der Waals surface area contributed by atoms with Crippen LogP contribution in [0.3, 0.4) is 0 Å². The van der Waals surface area contributed by atoms with Crippen molar-refractivity contribution in [3.05, 3.63) is 35.4 Å². The van der Waals surface area contributed by atoms with Crippen LogP contribution in [-0.4, -0.2) is 38.8 Å². The highest BCUT2D eigenvalue weighted by Gasteiger charge is 2.22. The number of aryl methyl sites for hydroxylation is 2. The molecular formula is C22H28N4O4. The Morgan fingerprint density at radius 3 is 2.50 bits per heavy atom. The number of fused-ring (bicyclic) bond motifs is 1. The predicted molar refractivity (Wildman–Crippen MR) is 113 cm³/mol. The number of furan rings is 1. The van der Waals surface area contributed by atoms with Gasteiger partial charge >= 0.3 is 5.97 Å². The number of hydrogen-bond donors (Lipinski definition) is 1. The molecule has 0 unspecified atom stereocenters. The number of esters is 1. The summed E-state index contributed by atoms with van der Waals surface area (Å²) in [7, 11) is 0. The highest BCUT2D eigenvalue weighted by Crippen LogP contribution is 2.30. The fraction of sp³-hybridized carbons (Fsp3) is 0.455. The van der Waals surface area contributed by atoms with Crippen LogP contribution >= 0.6 is 0 Å². The average molecular weight is 412 g/mol. The molecule has 0 bridgehead atoms. The molecular weight excluding hydrogens is 384 g/mol. The van der Waals surface area contributed by atoms with Crippen molar-refractivity contribution in [3.8, 4) is 11.3 Å². The lowest BCUT2D eigenvalue weighted by molar-refractivity contribution is -0.153. The number of rotatable bonds is 5. The van der Waals surface area contributed by atoms with Crippen molar-refractivity contribution in [2.24, 2.45) is 0 Å². The van der Waals surface area contributed by atoms with Gasteiger partial charge in [-0.05, 0) is 60.6 Å². The summed E-state index contributed by atoms with van der Waals surface area (Å²) >= 11 is 0. The minimum atomic E-state index is -0.617. The second kappa shape index (κ2) is 7.93. The molecule has 0 aliphatic heterocycles. The Bertz CT molecular complexity index is 1100. The lowest BCUT2D eigenvalue weighted by Gasteiger charge is -2.19. The largest absolute Gasteiger partial charge is 0.466 e. The Morgan fingerprint density at radius 2 is 1.93 bits per heavy atom. The van der Waals surface area contributed by atoms with E-state index in [2.05, 4.69) is 10.4 Å². The van der Waals surface area contributed by atoms with E-state index in [1.165, 1.54) is 0 Å². The number of ether oxygens (including phenoxy) is 1. The third-order valence-corrected chi connectivity index (χ3v) is 4.43. The average Bonchev–Trinajstić information content (AvgIpc) is 3.20. The zero-order valence-corrected chi connectivity index (χ0v) is 18.5. The summed E-state index contributed by atoms with van der Waals surface area (Å²) in [6, 6.07) is 3.66. The molecule has 0 radical (unpaired) electrons. The SMILES string of the molecule is Cc1cc(-c2cc(C(=O)NCC(=O)OC(C)(C)C)c3cnn(C(C)C)c3n2)c(C)o1. The molecule has 8 heteroatoms. The normalized spacial score (nSPS) is 11.9. The van der Waals surface area contributed by atoms with Crippen molar-refractivity contribution >= 4 is 22.9 Å². The van der Waals surface area contributed by atoms with Gasteiger partial charge in [-0.25, -0.2) is 9.67 Å². The van der Waals surface area contributed by atoms with Crippen LogP contribution in [0.4, 0.5) is 0 Å². The molecule has 1 N–H and O–H groups in total. The topological polar surface area (TPSA) is 99.2 Å². The number of aromatic nitrogens is 3. The van der Waals surface area contributed by atoms with Crippen LogP contribution in [0.15, 0.2) is 22.7 Å². The van der Waals surface area contributed by atoms with Gasteiger partial charge in [0, 0.05) is 11.6 Å². The van der Waals surface area contributed by atoms with Gasteiger partial charge in [0.15, 0.2) is 5.65 Å². The van der Waals surface area contributed by atoms with Crippen LogP contribution < -0.4 is 5.32 Å². The first-order chi connectivity index (χ1) is 14.0. The molecule has 0 saturated carbocycles. The molecule has 30 heavy (non-hydrogen) atoms. The molecule has 1 amide bonds. The van der Waals surface area contributed by atoms with Gasteiger partial charge in [0.1, 0.15) is 23.7 Å². The molecule has 0 fully saturated rings. The van der Waals surface area contributed by atoms with Crippen LogP contribution in [-0.2, 0) is 9.53 Å². The van der Waals surface area contributed by atoms with E-state index in [1.54, 1.807) is 37.7 Å². The number of amides is 1. The molecule has 0 atom stereocenters. The van der Waals surface area contributed by atoms with Gasteiger partial charge in [0.2, 0.25) is 0 Å². The van der Waals surface area contributed by atoms with E-state index in [9.17, 15) is 9.59 Å². The van der Waals surface area contributed by atoms with Gasteiger partial charge in [0.25, 0.3) is 5.91 Å². The molecule has 0 spiro atoms. The van der Waals surface area contributed by atoms with E-state index < -0.39 is 17.5 Å². The minimum Gasteiger partial charge on any atom is -0.466 e. The van der Waals surface area contributed by atoms with Crippen LogP contribution in [0.2, 0.25) is 0 Å². The zero-order valence-electron chi connectivity index (χ0n) is 18.5. The van der Waals surface area contributed by atoms with E-state index in [1.807, 2.05) is 33.8 Å². The smallest absolute Gasteiger partial charge is 0.325 e. The van der Waals surface area contributed by atoms with Crippen molar-refractivity contribution in [2.45, 2.75) is 60.1 Å².